The molecule has 0 bridgehead atoms. The number of carboxylic acid groups (broad SMARTS) is 1. The van der Waals surface area contributed by atoms with Gasteiger partial charge in [-0.3, -0.25) is 14.5 Å². The molecular formula is C33H47FN4O7. The Labute approximate surface area is 264 Å². The minimum absolute atomic E-state index is 0.0216. The molecule has 248 valence electrons. The average Bonchev–Trinajstić information content (AvgIpc) is 3.00. The number of anilines is 1. The van der Waals surface area contributed by atoms with Crippen molar-refractivity contribution in [3.8, 4) is 0 Å². The largest absolute Gasteiger partial charge is 0.480 e. The molecule has 2 fully saturated rings. The quantitative estimate of drug-likeness (QED) is 0.318. The molecule has 1 amide bonds. The molecule has 45 heavy (non-hydrogen) atoms. The lowest BCUT2D eigenvalue weighted by Crippen LogP contribution is -2.48. The second-order valence-electron chi connectivity index (χ2n) is 12.4. The molecule has 5 atom stereocenters. The van der Waals surface area contributed by atoms with Crippen LogP contribution in [0.3, 0.4) is 0 Å². The van der Waals surface area contributed by atoms with Crippen molar-refractivity contribution in [2.75, 3.05) is 63.8 Å². The second-order valence-corrected chi connectivity index (χ2v) is 12.4. The van der Waals surface area contributed by atoms with Crippen LogP contribution in [0.4, 0.5) is 14.9 Å². The summed E-state index contributed by atoms with van der Waals surface area (Å²) in [6, 6.07) is 4.75. The number of esters is 1. The zero-order valence-corrected chi connectivity index (χ0v) is 26.5. The van der Waals surface area contributed by atoms with Gasteiger partial charge in [0.05, 0.1) is 19.1 Å². The monoisotopic (exact) mass is 630 g/mol. The summed E-state index contributed by atoms with van der Waals surface area (Å²) in [5.41, 5.74) is 1.99. The van der Waals surface area contributed by atoms with Crippen molar-refractivity contribution in [1.82, 2.24) is 15.1 Å². The van der Waals surface area contributed by atoms with E-state index >= 15 is 0 Å². The Kier molecular flexibility index (Phi) is 12.4. The maximum absolute atomic E-state index is 14.8. The molecule has 11 nitrogen and oxygen atoms in total. The molecule has 0 spiro atoms. The molecule has 0 saturated carbocycles. The summed E-state index contributed by atoms with van der Waals surface area (Å²) in [6.45, 7) is 10.5. The zero-order chi connectivity index (χ0) is 32.5. The molecule has 0 aliphatic carbocycles. The highest BCUT2D eigenvalue weighted by Gasteiger charge is 2.29. The molecule has 3 aliphatic rings. The fourth-order valence-corrected chi connectivity index (χ4v) is 6.05. The Morgan fingerprint density at radius 1 is 1.07 bits per heavy atom. The van der Waals surface area contributed by atoms with Gasteiger partial charge in [0.2, 0.25) is 0 Å². The number of hydrogen-bond acceptors (Lipinski definition) is 9. The van der Waals surface area contributed by atoms with Crippen LogP contribution in [-0.4, -0.2) is 115 Å². The first-order valence-electron chi connectivity index (χ1n) is 15.9. The maximum atomic E-state index is 14.8. The van der Waals surface area contributed by atoms with E-state index in [0.717, 1.165) is 0 Å². The van der Waals surface area contributed by atoms with Crippen LogP contribution in [0.15, 0.2) is 35.9 Å². The number of aliphatic hydroxyl groups excluding tert-OH is 1. The molecule has 12 heteroatoms. The molecule has 2 saturated heterocycles. The molecule has 0 aromatic heterocycles. The Balaban J connectivity index is 1.54. The summed E-state index contributed by atoms with van der Waals surface area (Å²) < 4.78 is 26.7. The van der Waals surface area contributed by atoms with Gasteiger partial charge in [0, 0.05) is 64.0 Å². The van der Waals surface area contributed by atoms with E-state index in [1.54, 1.807) is 11.0 Å². The Hall–Kier alpha value is -3.48. The Morgan fingerprint density at radius 3 is 2.47 bits per heavy atom. The average molecular weight is 631 g/mol. The van der Waals surface area contributed by atoms with Gasteiger partial charge >= 0.3 is 18.0 Å². The summed E-state index contributed by atoms with van der Waals surface area (Å²) in [4.78, 5) is 42.4. The highest BCUT2D eigenvalue weighted by molar-refractivity contribution is 5.71. The minimum Gasteiger partial charge on any atom is -0.480 e. The second kappa shape index (κ2) is 16.2. The van der Waals surface area contributed by atoms with E-state index in [1.807, 2.05) is 48.8 Å². The lowest BCUT2D eigenvalue weighted by atomic mass is 9.91. The minimum atomic E-state index is -0.894. The summed E-state index contributed by atoms with van der Waals surface area (Å²) >= 11 is 0. The van der Waals surface area contributed by atoms with Crippen molar-refractivity contribution in [1.29, 1.82) is 0 Å². The number of benzene rings is 1. The van der Waals surface area contributed by atoms with E-state index in [4.69, 9.17) is 14.6 Å². The smallest absolute Gasteiger partial charge is 0.410 e. The van der Waals surface area contributed by atoms with E-state index in [2.05, 4.69) is 5.32 Å². The number of carboxylic acids is 1. The number of amides is 1. The van der Waals surface area contributed by atoms with Crippen LogP contribution in [0, 0.1) is 17.7 Å². The van der Waals surface area contributed by atoms with Crippen LogP contribution in [0.2, 0.25) is 0 Å². The van der Waals surface area contributed by atoms with Gasteiger partial charge in [-0.1, -0.05) is 26.0 Å². The number of piperazine rings is 2. The Morgan fingerprint density at radius 2 is 1.78 bits per heavy atom. The van der Waals surface area contributed by atoms with Gasteiger partial charge in [-0.05, 0) is 61.1 Å². The van der Waals surface area contributed by atoms with Crippen molar-refractivity contribution in [2.45, 2.75) is 58.3 Å². The lowest BCUT2D eigenvalue weighted by molar-refractivity contribution is -0.151. The number of rotatable bonds is 6. The van der Waals surface area contributed by atoms with E-state index in [1.165, 1.54) is 12.1 Å². The van der Waals surface area contributed by atoms with E-state index in [9.17, 15) is 23.9 Å². The number of carbonyl (C=O) groups excluding carboxylic acids is 2. The van der Waals surface area contributed by atoms with E-state index in [0.29, 0.717) is 82.0 Å². The van der Waals surface area contributed by atoms with E-state index in [-0.39, 0.29) is 30.9 Å². The maximum Gasteiger partial charge on any atom is 0.410 e. The number of nitrogens with one attached hydrogen (secondary N) is 1. The van der Waals surface area contributed by atoms with Gasteiger partial charge in [0.1, 0.15) is 18.0 Å². The zero-order valence-electron chi connectivity index (χ0n) is 26.5. The fraction of sp³-hybridized carbons (Fsp3) is 0.606. The third-order valence-electron chi connectivity index (χ3n) is 8.72. The highest BCUT2D eigenvalue weighted by Crippen LogP contribution is 2.27. The third kappa shape index (κ3) is 10.3. The van der Waals surface area contributed by atoms with Crippen LogP contribution < -0.4 is 10.2 Å². The Bertz CT molecular complexity index is 1240. The summed E-state index contributed by atoms with van der Waals surface area (Å²) in [6.07, 6.45) is 3.81. The van der Waals surface area contributed by atoms with Crippen LogP contribution in [0.5, 0.6) is 0 Å². The third-order valence-corrected chi connectivity index (χ3v) is 8.72. The predicted molar refractivity (Wildman–Crippen MR) is 168 cm³/mol. The number of cyclic esters (lactones) is 1. The number of nitrogens with zero attached hydrogens (tertiary/aromatic N) is 3. The molecule has 3 N–H and O–H groups in total. The SMILES string of the molecule is C/C(=C\c1cc(F)cc(N2CCN(CC(=O)O)CC2)c1)[C@H]1OC(=O)C[C@H](O)CC[C@H](C)[C@@H](OC(=O)N2CCNCC2)/C=C/[C@@H]1C. The normalized spacial score (nSPS) is 28.4. The molecule has 1 aromatic carbocycles. The number of aliphatic carboxylic acids is 1. The van der Waals surface area contributed by atoms with Crippen molar-refractivity contribution in [3.05, 3.63) is 47.3 Å². The molecule has 3 heterocycles. The first kappa shape index (κ1) is 34.4. The van der Waals surface area contributed by atoms with Crippen LogP contribution >= 0.6 is 0 Å². The van der Waals surface area contributed by atoms with Crippen molar-refractivity contribution < 1.29 is 38.5 Å². The van der Waals surface area contributed by atoms with Crippen LogP contribution in [0.1, 0.15) is 45.6 Å². The van der Waals surface area contributed by atoms with Crippen molar-refractivity contribution in [2.24, 2.45) is 11.8 Å². The number of carbonyl (C=O) groups is 3. The van der Waals surface area contributed by atoms with Crippen molar-refractivity contribution >= 4 is 29.8 Å². The first-order chi connectivity index (χ1) is 21.5. The lowest BCUT2D eigenvalue weighted by Gasteiger charge is -2.35. The first-order valence-corrected chi connectivity index (χ1v) is 15.9. The standard InChI is InChI=1S/C33H47FN4O7/c1-22-4-6-28(39)20-31(42)45-32(23(2)5-7-29(22)44-33(43)38-10-8-35-9-11-38)24(3)16-25-17-26(34)19-27(18-25)37-14-12-36(13-15-37)21-30(40)41/h5,7,16-19,22-23,28-29,32,35,39H,4,6,8-15,20-21H2,1-3H3,(H,40,41)/b7-5+,24-16+/t22-,23-,28+,29-,32-/m0/s1. The number of aliphatic hydroxyl groups is 1. The van der Waals surface area contributed by atoms with Gasteiger partial charge < -0.3 is 34.8 Å². The summed E-state index contributed by atoms with van der Waals surface area (Å²) in [7, 11) is 0. The molecule has 4 rings (SSSR count). The predicted octanol–water partition coefficient (Wildman–Crippen LogP) is 3.13. The molecule has 3 aliphatic heterocycles. The van der Waals surface area contributed by atoms with Crippen molar-refractivity contribution in [3.63, 3.8) is 0 Å². The number of halogens is 1. The molecular weight excluding hydrogens is 583 g/mol. The van der Waals surface area contributed by atoms with Gasteiger partial charge in [-0.2, -0.15) is 0 Å². The molecule has 0 radical (unpaired) electrons. The van der Waals surface area contributed by atoms with Crippen LogP contribution in [-0.2, 0) is 19.1 Å². The van der Waals surface area contributed by atoms with Gasteiger partial charge in [-0.15, -0.1) is 0 Å². The number of hydrogen-bond donors (Lipinski definition) is 3. The van der Waals surface area contributed by atoms with Crippen LogP contribution in [0.25, 0.3) is 6.08 Å². The van der Waals surface area contributed by atoms with Gasteiger partial charge in [0.15, 0.2) is 0 Å². The highest BCUT2D eigenvalue weighted by atomic mass is 19.1. The van der Waals surface area contributed by atoms with E-state index < -0.39 is 36.1 Å². The van der Waals surface area contributed by atoms with Gasteiger partial charge in [0.25, 0.3) is 0 Å². The topological polar surface area (TPSA) is 132 Å². The molecule has 1 aromatic rings. The molecule has 0 unspecified atom stereocenters. The summed E-state index contributed by atoms with van der Waals surface area (Å²) in [5.74, 6) is -2.20. The summed E-state index contributed by atoms with van der Waals surface area (Å²) in [5, 5.41) is 22.9. The fourth-order valence-electron chi connectivity index (χ4n) is 6.05. The number of ether oxygens (including phenoxy) is 2. The van der Waals surface area contributed by atoms with Gasteiger partial charge in [-0.25, -0.2) is 9.18 Å².